The van der Waals surface area contributed by atoms with Gasteiger partial charge >= 0.3 is 5.97 Å². The van der Waals surface area contributed by atoms with Crippen LogP contribution in [0.3, 0.4) is 0 Å². The van der Waals surface area contributed by atoms with Crippen LogP contribution in [0, 0.1) is 22.7 Å². The van der Waals surface area contributed by atoms with Gasteiger partial charge in [-0.15, -0.1) is 0 Å². The van der Waals surface area contributed by atoms with Gasteiger partial charge in [0.05, 0.1) is 32.1 Å². The number of carbonyl (C=O) groups is 2. The number of hydrogen-bond donors (Lipinski definition) is 0. The van der Waals surface area contributed by atoms with Crippen LogP contribution in [0.5, 0.6) is 0 Å². The van der Waals surface area contributed by atoms with Gasteiger partial charge in [-0.05, 0) is 11.1 Å². The first kappa shape index (κ1) is 15.4. The monoisotopic (exact) mass is 270 g/mol. The molecule has 0 aromatic heterocycles. The maximum atomic E-state index is 11.9. The molecular weight excluding hydrogens is 256 g/mol. The number of hydrogen-bond acceptors (Lipinski definition) is 5. The van der Waals surface area contributed by atoms with Gasteiger partial charge < -0.3 is 4.74 Å². The summed E-state index contributed by atoms with van der Waals surface area (Å²) >= 11 is 0. The molecule has 20 heavy (non-hydrogen) atoms. The van der Waals surface area contributed by atoms with Gasteiger partial charge in [0, 0.05) is 6.42 Å². The lowest BCUT2D eigenvalue weighted by atomic mass is 9.92. The van der Waals surface area contributed by atoms with Crippen LogP contribution in [-0.2, 0) is 20.7 Å². The molecule has 0 unspecified atom stereocenters. The van der Waals surface area contributed by atoms with Crippen LogP contribution in [0.4, 0.5) is 0 Å². The fourth-order valence-corrected chi connectivity index (χ4v) is 1.72. The number of nitriles is 2. The zero-order valence-corrected chi connectivity index (χ0v) is 11.1. The van der Waals surface area contributed by atoms with Crippen molar-refractivity contribution in [2.75, 3.05) is 7.11 Å². The first-order valence-electron chi connectivity index (χ1n) is 6.07. The molecule has 0 amide bonds. The summed E-state index contributed by atoms with van der Waals surface area (Å²) in [4.78, 5) is 22.9. The molecule has 0 saturated carbocycles. The van der Waals surface area contributed by atoms with Crippen molar-refractivity contribution in [3.05, 3.63) is 35.4 Å². The van der Waals surface area contributed by atoms with Gasteiger partial charge in [0.2, 0.25) is 0 Å². The van der Waals surface area contributed by atoms with Crippen molar-refractivity contribution in [3.63, 3.8) is 0 Å². The molecule has 0 bridgehead atoms. The molecule has 0 fully saturated rings. The fourth-order valence-electron chi connectivity index (χ4n) is 1.72. The minimum Gasteiger partial charge on any atom is -0.469 e. The smallest absolute Gasteiger partial charge is 0.305 e. The summed E-state index contributed by atoms with van der Waals surface area (Å²) in [6.07, 6.45) is 0.235. The Bertz CT molecular complexity index is 564. The summed E-state index contributed by atoms with van der Waals surface area (Å²) in [6, 6.07) is 10.7. The minimum atomic E-state index is -0.893. The number of ether oxygens (including phenoxy) is 1. The predicted octanol–water partition coefficient (Wildman–Crippen LogP) is 1.88. The van der Waals surface area contributed by atoms with E-state index in [1.807, 2.05) is 12.1 Å². The summed E-state index contributed by atoms with van der Waals surface area (Å²) in [5, 5.41) is 17.7. The van der Waals surface area contributed by atoms with Crippen LogP contribution in [-0.4, -0.2) is 18.9 Å². The SMILES string of the molecule is COC(=O)CCC(=O)[C@H](C#N)c1ccc(CC#N)cc1. The lowest BCUT2D eigenvalue weighted by Gasteiger charge is -2.08. The Morgan fingerprint density at radius 2 is 1.85 bits per heavy atom. The average molecular weight is 270 g/mol. The van der Waals surface area contributed by atoms with E-state index < -0.39 is 11.9 Å². The largest absolute Gasteiger partial charge is 0.469 e. The Hall–Kier alpha value is -2.66. The highest BCUT2D eigenvalue weighted by molar-refractivity contribution is 5.90. The summed E-state index contributed by atoms with van der Waals surface area (Å²) in [5.74, 6) is -1.68. The van der Waals surface area contributed by atoms with Crippen molar-refractivity contribution in [2.45, 2.75) is 25.2 Å². The van der Waals surface area contributed by atoms with E-state index in [1.165, 1.54) is 7.11 Å². The van der Waals surface area contributed by atoms with E-state index >= 15 is 0 Å². The molecule has 1 aromatic carbocycles. The van der Waals surface area contributed by atoms with E-state index in [0.29, 0.717) is 5.56 Å². The van der Waals surface area contributed by atoms with E-state index in [0.717, 1.165) is 5.56 Å². The normalized spacial score (nSPS) is 10.9. The van der Waals surface area contributed by atoms with Gasteiger partial charge in [-0.1, -0.05) is 24.3 Å². The van der Waals surface area contributed by atoms with Crippen LogP contribution in [0.2, 0.25) is 0 Å². The maximum Gasteiger partial charge on any atom is 0.305 e. The van der Waals surface area contributed by atoms with E-state index in [9.17, 15) is 9.59 Å². The molecule has 0 aliphatic carbocycles. The highest BCUT2D eigenvalue weighted by atomic mass is 16.5. The number of ketones is 1. The van der Waals surface area contributed by atoms with Crippen LogP contribution in [0.25, 0.3) is 0 Å². The number of esters is 1. The van der Waals surface area contributed by atoms with Gasteiger partial charge in [0.15, 0.2) is 5.78 Å². The van der Waals surface area contributed by atoms with Crippen molar-refractivity contribution < 1.29 is 14.3 Å². The second-order valence-corrected chi connectivity index (χ2v) is 4.18. The Morgan fingerprint density at radius 3 is 2.35 bits per heavy atom. The molecule has 0 aliphatic heterocycles. The van der Waals surface area contributed by atoms with Crippen molar-refractivity contribution in [1.82, 2.24) is 0 Å². The molecule has 0 spiro atoms. The number of benzene rings is 1. The number of nitrogens with zero attached hydrogens (tertiary/aromatic N) is 2. The van der Waals surface area contributed by atoms with Crippen LogP contribution < -0.4 is 0 Å². The number of rotatable bonds is 6. The van der Waals surface area contributed by atoms with E-state index in [1.54, 1.807) is 24.3 Å². The molecule has 0 saturated heterocycles. The highest BCUT2D eigenvalue weighted by Crippen LogP contribution is 2.19. The Kier molecular flexibility index (Phi) is 5.93. The maximum absolute atomic E-state index is 11.9. The van der Waals surface area contributed by atoms with Crippen molar-refractivity contribution >= 4 is 11.8 Å². The van der Waals surface area contributed by atoms with Crippen LogP contribution >= 0.6 is 0 Å². The molecule has 1 aromatic rings. The van der Waals surface area contributed by atoms with E-state index in [-0.39, 0.29) is 25.0 Å². The van der Waals surface area contributed by atoms with Gasteiger partial charge in [0.1, 0.15) is 5.92 Å². The quantitative estimate of drug-likeness (QED) is 0.736. The summed E-state index contributed by atoms with van der Waals surface area (Å²) in [6.45, 7) is 0. The van der Waals surface area contributed by atoms with E-state index in [4.69, 9.17) is 10.5 Å². The summed E-state index contributed by atoms with van der Waals surface area (Å²) < 4.78 is 4.46. The van der Waals surface area contributed by atoms with Gasteiger partial charge in [-0.2, -0.15) is 10.5 Å². The van der Waals surface area contributed by atoms with Crippen molar-refractivity contribution in [1.29, 1.82) is 10.5 Å². The zero-order chi connectivity index (χ0) is 15.0. The lowest BCUT2D eigenvalue weighted by Crippen LogP contribution is -2.13. The van der Waals surface area contributed by atoms with Gasteiger partial charge in [0.25, 0.3) is 0 Å². The van der Waals surface area contributed by atoms with Crippen LogP contribution in [0.1, 0.15) is 29.9 Å². The molecule has 5 nitrogen and oxygen atoms in total. The summed E-state index contributed by atoms with van der Waals surface area (Å²) in [5.41, 5.74) is 1.40. The molecule has 0 aliphatic rings. The first-order valence-corrected chi connectivity index (χ1v) is 6.07. The van der Waals surface area contributed by atoms with Gasteiger partial charge in [-0.3, -0.25) is 9.59 Å². The standard InChI is InChI=1S/C15H14N2O3/c1-20-15(19)7-6-14(18)13(10-17)12-4-2-11(3-5-12)8-9-16/h2-5,13H,6-8H2,1H3/t13-/m1/s1. The number of Topliss-reactive ketones (excluding diaryl/α,β-unsaturated/α-hetero) is 1. The second-order valence-electron chi connectivity index (χ2n) is 4.18. The minimum absolute atomic E-state index is 0.0230. The van der Waals surface area contributed by atoms with Crippen LogP contribution in [0.15, 0.2) is 24.3 Å². The highest BCUT2D eigenvalue weighted by Gasteiger charge is 2.20. The molecule has 0 radical (unpaired) electrons. The van der Waals surface area contributed by atoms with Gasteiger partial charge in [-0.25, -0.2) is 0 Å². The molecular formula is C15H14N2O3. The first-order chi connectivity index (χ1) is 9.62. The fraction of sp³-hybridized carbons (Fsp3) is 0.333. The third-order valence-electron chi connectivity index (χ3n) is 2.85. The molecule has 0 N–H and O–H groups in total. The van der Waals surface area contributed by atoms with Crippen molar-refractivity contribution in [2.24, 2.45) is 0 Å². The number of carbonyl (C=O) groups excluding carboxylic acids is 2. The topological polar surface area (TPSA) is 90.9 Å². The van der Waals surface area contributed by atoms with E-state index in [2.05, 4.69) is 4.74 Å². The summed E-state index contributed by atoms with van der Waals surface area (Å²) in [7, 11) is 1.25. The number of methoxy groups -OCH3 is 1. The molecule has 5 heteroatoms. The predicted molar refractivity (Wildman–Crippen MR) is 70.4 cm³/mol. The Labute approximate surface area is 117 Å². The second kappa shape index (κ2) is 7.70. The lowest BCUT2D eigenvalue weighted by molar-refractivity contribution is -0.141. The molecule has 0 heterocycles. The van der Waals surface area contributed by atoms with Crippen molar-refractivity contribution in [3.8, 4) is 12.1 Å². The molecule has 1 atom stereocenters. The zero-order valence-electron chi connectivity index (χ0n) is 11.1. The third kappa shape index (κ3) is 4.22. The molecule has 1 rings (SSSR count). The third-order valence-corrected chi connectivity index (χ3v) is 2.85. The molecule has 102 valence electrons. The Morgan fingerprint density at radius 1 is 1.20 bits per heavy atom. The average Bonchev–Trinajstić information content (AvgIpc) is 2.47. The Balaban J connectivity index is 2.75.